The molecular formula is C15H21N3O. The van der Waals surface area contributed by atoms with Crippen LogP contribution >= 0.6 is 0 Å². The molecule has 0 bridgehead atoms. The molecule has 2 rings (SSSR count). The molecule has 1 aromatic rings. The first-order chi connectivity index (χ1) is 9.19. The van der Waals surface area contributed by atoms with Crippen molar-refractivity contribution in [3.05, 3.63) is 23.8 Å². The molecule has 0 aliphatic heterocycles. The molecule has 4 N–H and O–H groups in total. The number of nitriles is 1. The van der Waals surface area contributed by atoms with E-state index in [1.54, 1.807) is 12.1 Å². The lowest BCUT2D eigenvalue weighted by Gasteiger charge is -2.36. The van der Waals surface area contributed by atoms with Crippen LogP contribution in [0.3, 0.4) is 0 Å². The molecule has 1 fully saturated rings. The maximum Gasteiger partial charge on any atom is 0.0992 e. The Labute approximate surface area is 114 Å². The number of hydrogen-bond acceptors (Lipinski definition) is 4. The Hall–Kier alpha value is -1.73. The fourth-order valence-corrected chi connectivity index (χ4v) is 2.77. The lowest BCUT2D eigenvalue weighted by atomic mass is 9.74. The number of aliphatic hydroxyl groups is 1. The van der Waals surface area contributed by atoms with Gasteiger partial charge in [0.15, 0.2) is 0 Å². The zero-order valence-electron chi connectivity index (χ0n) is 11.2. The highest BCUT2D eigenvalue weighted by Crippen LogP contribution is 2.36. The van der Waals surface area contributed by atoms with Crippen LogP contribution in [0.1, 0.15) is 37.7 Å². The molecule has 0 radical (unpaired) electrons. The third-order valence-electron chi connectivity index (χ3n) is 4.08. The normalized spacial score (nSPS) is 17.7. The first-order valence-electron chi connectivity index (χ1n) is 6.83. The van der Waals surface area contributed by atoms with Gasteiger partial charge in [-0.05, 0) is 31.0 Å². The van der Waals surface area contributed by atoms with E-state index in [-0.39, 0.29) is 12.0 Å². The Kier molecular flexibility index (Phi) is 4.28. The van der Waals surface area contributed by atoms with Gasteiger partial charge in [-0.15, -0.1) is 0 Å². The van der Waals surface area contributed by atoms with E-state index >= 15 is 0 Å². The summed E-state index contributed by atoms with van der Waals surface area (Å²) >= 11 is 0. The summed E-state index contributed by atoms with van der Waals surface area (Å²) in [4.78, 5) is 0. The quantitative estimate of drug-likeness (QED) is 0.725. The summed E-state index contributed by atoms with van der Waals surface area (Å²) in [6, 6.07) is 7.34. The fourth-order valence-electron chi connectivity index (χ4n) is 2.77. The van der Waals surface area contributed by atoms with Gasteiger partial charge in [0.05, 0.1) is 29.6 Å². The minimum Gasteiger partial charge on any atom is -0.397 e. The van der Waals surface area contributed by atoms with E-state index in [0.29, 0.717) is 11.3 Å². The molecule has 0 spiro atoms. The van der Waals surface area contributed by atoms with Crippen LogP contribution in [-0.4, -0.2) is 18.3 Å². The average Bonchev–Trinajstić information content (AvgIpc) is 2.47. The van der Waals surface area contributed by atoms with E-state index in [1.807, 2.05) is 6.07 Å². The van der Waals surface area contributed by atoms with Gasteiger partial charge in [-0.3, -0.25) is 0 Å². The van der Waals surface area contributed by atoms with E-state index in [0.717, 1.165) is 25.1 Å². The number of nitrogens with two attached hydrogens (primary N) is 1. The van der Waals surface area contributed by atoms with Gasteiger partial charge in [0, 0.05) is 12.0 Å². The minimum absolute atomic E-state index is 0.0153. The van der Waals surface area contributed by atoms with Gasteiger partial charge >= 0.3 is 0 Å². The number of aliphatic hydroxyl groups excluding tert-OH is 1. The predicted molar refractivity (Wildman–Crippen MR) is 76.7 cm³/mol. The Morgan fingerprint density at radius 1 is 1.32 bits per heavy atom. The number of anilines is 2. The second-order valence-electron chi connectivity index (χ2n) is 5.49. The average molecular weight is 259 g/mol. The van der Waals surface area contributed by atoms with Gasteiger partial charge < -0.3 is 16.2 Å². The largest absolute Gasteiger partial charge is 0.397 e. The molecule has 0 unspecified atom stereocenters. The van der Waals surface area contributed by atoms with E-state index < -0.39 is 0 Å². The molecule has 19 heavy (non-hydrogen) atoms. The minimum atomic E-state index is -0.0153. The highest BCUT2D eigenvalue weighted by molar-refractivity contribution is 5.68. The molecule has 102 valence electrons. The van der Waals surface area contributed by atoms with Crippen molar-refractivity contribution in [3.8, 4) is 6.07 Å². The number of hydrogen-bond donors (Lipinski definition) is 3. The van der Waals surface area contributed by atoms with Gasteiger partial charge in [0.25, 0.3) is 0 Å². The Morgan fingerprint density at radius 3 is 2.63 bits per heavy atom. The molecule has 0 heterocycles. The van der Waals surface area contributed by atoms with Crippen molar-refractivity contribution in [3.63, 3.8) is 0 Å². The van der Waals surface area contributed by atoms with E-state index in [2.05, 4.69) is 11.4 Å². The van der Waals surface area contributed by atoms with Gasteiger partial charge in [-0.25, -0.2) is 0 Å². The van der Waals surface area contributed by atoms with Gasteiger partial charge in [-0.1, -0.05) is 19.3 Å². The molecule has 1 aliphatic rings. The predicted octanol–water partition coefficient (Wildman–Crippen LogP) is 2.50. The van der Waals surface area contributed by atoms with Crippen molar-refractivity contribution >= 4 is 11.4 Å². The lowest BCUT2D eigenvalue weighted by Crippen LogP contribution is -2.35. The summed E-state index contributed by atoms with van der Waals surface area (Å²) in [5.74, 6) is 0. The summed E-state index contributed by atoms with van der Waals surface area (Å²) in [6.07, 6.45) is 5.76. The zero-order valence-corrected chi connectivity index (χ0v) is 11.2. The number of nitrogens with zero attached hydrogens (tertiary/aromatic N) is 1. The van der Waals surface area contributed by atoms with Gasteiger partial charge in [0.2, 0.25) is 0 Å². The van der Waals surface area contributed by atoms with Crippen molar-refractivity contribution in [1.29, 1.82) is 5.26 Å². The molecule has 1 saturated carbocycles. The van der Waals surface area contributed by atoms with Crippen molar-refractivity contribution in [1.82, 2.24) is 0 Å². The molecule has 0 amide bonds. The molecular weight excluding hydrogens is 238 g/mol. The van der Waals surface area contributed by atoms with Crippen molar-refractivity contribution < 1.29 is 5.11 Å². The van der Waals surface area contributed by atoms with Crippen LogP contribution in [0.2, 0.25) is 0 Å². The number of benzene rings is 1. The molecule has 0 aromatic heterocycles. The zero-order chi connectivity index (χ0) is 13.7. The summed E-state index contributed by atoms with van der Waals surface area (Å²) in [6.45, 7) is 0.954. The topological polar surface area (TPSA) is 82.1 Å². The molecule has 4 heteroatoms. The van der Waals surface area contributed by atoms with Crippen LogP contribution in [0.15, 0.2) is 18.2 Å². The first kappa shape index (κ1) is 13.7. The number of nitrogens with one attached hydrogen (secondary N) is 1. The SMILES string of the molecule is N#Cc1ccc(NCC2(CO)CCCCC2)c(N)c1. The number of nitrogen functional groups attached to an aromatic ring is 1. The molecule has 0 atom stereocenters. The van der Waals surface area contributed by atoms with Gasteiger partial charge in [0.1, 0.15) is 0 Å². The van der Waals surface area contributed by atoms with Crippen molar-refractivity contribution in [2.45, 2.75) is 32.1 Å². The molecule has 1 aliphatic carbocycles. The van der Waals surface area contributed by atoms with Crippen LogP contribution in [0.25, 0.3) is 0 Å². The maximum atomic E-state index is 9.66. The maximum absolute atomic E-state index is 9.66. The third-order valence-corrected chi connectivity index (χ3v) is 4.08. The second kappa shape index (κ2) is 5.94. The third kappa shape index (κ3) is 3.18. The van der Waals surface area contributed by atoms with Crippen LogP contribution in [-0.2, 0) is 0 Å². The summed E-state index contributed by atoms with van der Waals surface area (Å²) in [5.41, 5.74) is 7.90. The van der Waals surface area contributed by atoms with E-state index in [4.69, 9.17) is 11.0 Å². The standard InChI is InChI=1S/C15H21N3O/c16-9-12-4-5-14(13(17)8-12)18-10-15(11-19)6-2-1-3-7-15/h4-5,8,18-19H,1-3,6-7,10-11,17H2. The number of rotatable bonds is 4. The Morgan fingerprint density at radius 2 is 2.05 bits per heavy atom. The van der Waals surface area contributed by atoms with E-state index in [1.165, 1.54) is 19.3 Å². The monoisotopic (exact) mass is 259 g/mol. The fraction of sp³-hybridized carbons (Fsp3) is 0.533. The Balaban J connectivity index is 2.03. The summed E-state index contributed by atoms with van der Waals surface area (Å²) < 4.78 is 0. The van der Waals surface area contributed by atoms with Crippen molar-refractivity contribution in [2.24, 2.45) is 5.41 Å². The highest BCUT2D eigenvalue weighted by Gasteiger charge is 2.31. The highest BCUT2D eigenvalue weighted by atomic mass is 16.3. The van der Waals surface area contributed by atoms with Crippen LogP contribution in [0.4, 0.5) is 11.4 Å². The molecule has 4 nitrogen and oxygen atoms in total. The second-order valence-corrected chi connectivity index (χ2v) is 5.49. The van der Waals surface area contributed by atoms with E-state index in [9.17, 15) is 5.11 Å². The van der Waals surface area contributed by atoms with Gasteiger partial charge in [-0.2, -0.15) is 5.26 Å². The Bertz CT molecular complexity index is 473. The van der Waals surface area contributed by atoms with Crippen LogP contribution in [0.5, 0.6) is 0 Å². The summed E-state index contributed by atoms with van der Waals surface area (Å²) in [5, 5.41) is 21.8. The smallest absolute Gasteiger partial charge is 0.0992 e. The van der Waals surface area contributed by atoms with Crippen LogP contribution in [0, 0.1) is 16.7 Å². The molecule has 0 saturated heterocycles. The molecule has 1 aromatic carbocycles. The first-order valence-corrected chi connectivity index (χ1v) is 6.83. The lowest BCUT2D eigenvalue weighted by molar-refractivity contribution is 0.0944. The summed E-state index contributed by atoms with van der Waals surface area (Å²) in [7, 11) is 0. The van der Waals surface area contributed by atoms with Crippen molar-refractivity contribution in [2.75, 3.05) is 24.2 Å². The van der Waals surface area contributed by atoms with Crippen LogP contribution < -0.4 is 11.1 Å².